The van der Waals surface area contributed by atoms with E-state index in [4.69, 9.17) is 0 Å². The summed E-state index contributed by atoms with van der Waals surface area (Å²) in [6.45, 7) is 8.31. The molecule has 0 radical (unpaired) electrons. The first-order valence-corrected chi connectivity index (χ1v) is 11.5. The number of pyridine rings is 1. The van der Waals surface area contributed by atoms with E-state index in [1.807, 2.05) is 13.8 Å². The van der Waals surface area contributed by atoms with Crippen LogP contribution in [0.3, 0.4) is 0 Å². The molecule has 0 spiro atoms. The fourth-order valence-electron chi connectivity index (χ4n) is 4.65. The zero-order chi connectivity index (χ0) is 22.9. The number of amides is 1. The van der Waals surface area contributed by atoms with Gasteiger partial charge < -0.3 is 4.90 Å². The number of halogens is 1. The number of hydrogen-bond donors (Lipinski definition) is 0. The third-order valence-electron chi connectivity index (χ3n) is 6.45. The number of carbonyl (C=O) groups excluding carboxylic acids is 1. The Morgan fingerprint density at radius 2 is 1.82 bits per heavy atom. The van der Waals surface area contributed by atoms with Crippen LogP contribution in [0, 0.1) is 12.7 Å². The van der Waals surface area contributed by atoms with Gasteiger partial charge in [0.25, 0.3) is 5.91 Å². The second-order valence-corrected chi connectivity index (χ2v) is 8.87. The predicted octanol–water partition coefficient (Wildman–Crippen LogP) is 4.16. The Morgan fingerprint density at radius 1 is 1.00 bits per heavy atom. The van der Waals surface area contributed by atoms with Crippen molar-refractivity contribution in [1.29, 1.82) is 0 Å². The second kappa shape index (κ2) is 8.90. The maximum atomic E-state index is 14.5. The van der Waals surface area contributed by atoms with E-state index in [1.54, 1.807) is 12.1 Å². The number of aryl methyl sites for hydroxylation is 1. The van der Waals surface area contributed by atoms with Crippen molar-refractivity contribution >= 4 is 33.9 Å². The Bertz CT molecular complexity index is 1230. The van der Waals surface area contributed by atoms with E-state index in [9.17, 15) is 9.18 Å². The molecule has 33 heavy (non-hydrogen) atoms. The summed E-state index contributed by atoms with van der Waals surface area (Å²) in [6, 6.07) is 15.3. The van der Waals surface area contributed by atoms with E-state index < -0.39 is 0 Å². The van der Waals surface area contributed by atoms with Crippen molar-refractivity contribution in [3.8, 4) is 0 Å². The highest BCUT2D eigenvalue weighted by molar-refractivity contribution is 6.12. The van der Waals surface area contributed by atoms with Crippen molar-refractivity contribution in [3.63, 3.8) is 0 Å². The molecule has 5 rings (SSSR count). The number of rotatable bonds is 5. The molecule has 170 valence electrons. The van der Waals surface area contributed by atoms with Crippen LogP contribution in [0.25, 0.3) is 10.9 Å². The van der Waals surface area contributed by atoms with Crippen LogP contribution in [0.5, 0.6) is 0 Å². The van der Waals surface area contributed by atoms with E-state index >= 15 is 0 Å². The normalized spacial score (nSPS) is 17.2. The van der Waals surface area contributed by atoms with Crippen LogP contribution in [-0.2, 0) is 11.2 Å². The predicted molar refractivity (Wildman–Crippen MR) is 130 cm³/mol. The SMILES string of the molecule is CC1=NN(c2ccc(F)c(CCN3CCN(c4cccc5nc(C)ccc45)CC3)c2)C(=O)C1. The smallest absolute Gasteiger partial charge is 0.253 e. The molecule has 0 atom stereocenters. The van der Waals surface area contributed by atoms with Crippen molar-refractivity contribution in [2.45, 2.75) is 26.7 Å². The highest BCUT2D eigenvalue weighted by atomic mass is 19.1. The molecular weight excluding hydrogens is 417 g/mol. The van der Waals surface area contributed by atoms with Gasteiger partial charge in [0.1, 0.15) is 5.82 Å². The quantitative estimate of drug-likeness (QED) is 0.592. The van der Waals surface area contributed by atoms with Crippen LogP contribution in [0.4, 0.5) is 15.8 Å². The van der Waals surface area contributed by atoms with Crippen molar-refractivity contribution in [2.75, 3.05) is 42.6 Å². The Hall–Kier alpha value is -3.32. The summed E-state index contributed by atoms with van der Waals surface area (Å²) in [6.07, 6.45) is 0.922. The molecule has 0 unspecified atom stereocenters. The van der Waals surface area contributed by atoms with Crippen LogP contribution in [-0.4, -0.2) is 54.2 Å². The molecule has 7 heteroatoms. The lowest BCUT2D eigenvalue weighted by Gasteiger charge is -2.36. The second-order valence-electron chi connectivity index (χ2n) is 8.87. The monoisotopic (exact) mass is 445 g/mol. The molecule has 2 aromatic carbocycles. The molecule has 1 amide bonds. The van der Waals surface area contributed by atoms with Crippen LogP contribution in [0.2, 0.25) is 0 Å². The summed E-state index contributed by atoms with van der Waals surface area (Å²) in [5.74, 6) is -0.303. The Labute approximate surface area is 193 Å². The first-order valence-electron chi connectivity index (χ1n) is 11.5. The first-order chi connectivity index (χ1) is 16.0. The Kier molecular flexibility index (Phi) is 5.81. The summed E-state index contributed by atoms with van der Waals surface area (Å²) in [4.78, 5) is 21.6. The van der Waals surface area contributed by atoms with Gasteiger partial charge in [-0.1, -0.05) is 6.07 Å². The number of benzene rings is 2. The standard InChI is InChI=1S/C26H28FN5O/c1-18-6-8-22-24(28-18)4-3-5-25(22)31-14-12-30(13-15-31)11-10-20-17-21(7-9-23(20)27)32-26(33)16-19(2)29-32/h3-9,17H,10-16H2,1-2H3. The van der Waals surface area contributed by atoms with Crippen LogP contribution in [0.15, 0.2) is 53.6 Å². The lowest BCUT2D eigenvalue weighted by molar-refractivity contribution is -0.116. The van der Waals surface area contributed by atoms with E-state index in [2.05, 4.69) is 50.2 Å². The molecule has 1 aromatic heterocycles. The first kappa shape index (κ1) is 21.5. The lowest BCUT2D eigenvalue weighted by atomic mass is 10.1. The maximum Gasteiger partial charge on any atom is 0.253 e. The van der Waals surface area contributed by atoms with Gasteiger partial charge in [-0.05, 0) is 68.3 Å². The number of nitrogens with zero attached hydrogens (tertiary/aromatic N) is 5. The van der Waals surface area contributed by atoms with Crippen LogP contribution >= 0.6 is 0 Å². The molecule has 0 bridgehead atoms. The summed E-state index contributed by atoms with van der Waals surface area (Å²) in [5, 5.41) is 6.85. The van der Waals surface area contributed by atoms with Crippen molar-refractivity contribution in [3.05, 3.63) is 65.6 Å². The minimum absolute atomic E-state index is 0.0695. The summed E-state index contributed by atoms with van der Waals surface area (Å²) < 4.78 is 14.5. The number of fused-ring (bicyclic) bond motifs is 1. The minimum atomic E-state index is -0.233. The molecule has 0 aliphatic carbocycles. The van der Waals surface area contributed by atoms with Crippen LogP contribution in [0.1, 0.15) is 24.6 Å². The Balaban J connectivity index is 1.22. The highest BCUT2D eigenvalue weighted by Gasteiger charge is 2.24. The zero-order valence-corrected chi connectivity index (χ0v) is 19.1. The van der Waals surface area contributed by atoms with Crippen molar-refractivity contribution in [2.24, 2.45) is 5.10 Å². The van der Waals surface area contributed by atoms with Gasteiger partial charge >= 0.3 is 0 Å². The number of aromatic nitrogens is 1. The summed E-state index contributed by atoms with van der Waals surface area (Å²) in [5.41, 5.74) is 5.32. The van der Waals surface area contributed by atoms with Gasteiger partial charge in [-0.25, -0.2) is 9.40 Å². The number of anilines is 2. The zero-order valence-electron chi connectivity index (χ0n) is 19.1. The summed E-state index contributed by atoms with van der Waals surface area (Å²) in [7, 11) is 0. The van der Waals surface area contributed by atoms with Crippen molar-refractivity contribution < 1.29 is 9.18 Å². The number of carbonyl (C=O) groups is 1. The third kappa shape index (κ3) is 4.46. The van der Waals surface area contributed by atoms with Gasteiger partial charge in [0.05, 0.1) is 17.6 Å². The fraction of sp³-hybridized carbons (Fsp3) is 0.346. The van der Waals surface area contributed by atoms with E-state index in [0.29, 0.717) is 24.1 Å². The Morgan fingerprint density at radius 3 is 2.58 bits per heavy atom. The molecule has 1 fully saturated rings. The summed E-state index contributed by atoms with van der Waals surface area (Å²) >= 11 is 0. The minimum Gasteiger partial charge on any atom is -0.368 e. The van der Waals surface area contributed by atoms with Gasteiger partial charge in [0.2, 0.25) is 0 Å². The molecule has 6 nitrogen and oxygen atoms in total. The van der Waals surface area contributed by atoms with Gasteiger partial charge in [-0.3, -0.25) is 14.7 Å². The molecule has 2 aliphatic heterocycles. The molecule has 2 aliphatic rings. The average molecular weight is 446 g/mol. The molecule has 0 saturated carbocycles. The number of hydrogen-bond acceptors (Lipinski definition) is 5. The van der Waals surface area contributed by atoms with Gasteiger partial charge in [-0.2, -0.15) is 5.10 Å². The third-order valence-corrected chi connectivity index (χ3v) is 6.45. The number of hydrazone groups is 1. The fourth-order valence-corrected chi connectivity index (χ4v) is 4.65. The average Bonchev–Trinajstić information content (AvgIpc) is 3.16. The van der Waals surface area contributed by atoms with Crippen molar-refractivity contribution in [1.82, 2.24) is 9.88 Å². The molecular formula is C26H28FN5O. The van der Waals surface area contributed by atoms with E-state index in [-0.39, 0.29) is 11.7 Å². The van der Waals surface area contributed by atoms with Gasteiger partial charge in [-0.15, -0.1) is 0 Å². The lowest BCUT2D eigenvalue weighted by Crippen LogP contribution is -2.47. The highest BCUT2D eigenvalue weighted by Crippen LogP contribution is 2.27. The molecule has 3 aromatic rings. The molecule has 3 heterocycles. The maximum absolute atomic E-state index is 14.5. The van der Waals surface area contributed by atoms with Crippen LogP contribution < -0.4 is 9.91 Å². The molecule has 0 N–H and O–H groups in total. The largest absolute Gasteiger partial charge is 0.368 e. The topological polar surface area (TPSA) is 52.0 Å². The van der Waals surface area contributed by atoms with Gasteiger partial charge in [0.15, 0.2) is 0 Å². The number of piperazine rings is 1. The molecule has 1 saturated heterocycles. The van der Waals surface area contributed by atoms with E-state index in [0.717, 1.165) is 49.6 Å². The van der Waals surface area contributed by atoms with E-state index in [1.165, 1.54) is 22.1 Å². The van der Waals surface area contributed by atoms with Gasteiger partial charge in [0, 0.05) is 55.2 Å².